The minimum Gasteiger partial charge on any atom is -0.478 e. The largest absolute Gasteiger partial charge is 0.478 e. The Kier molecular flexibility index (Phi) is 3.44. The van der Waals surface area contributed by atoms with E-state index in [4.69, 9.17) is 5.11 Å². The lowest BCUT2D eigenvalue weighted by Gasteiger charge is -2.09. The van der Waals surface area contributed by atoms with E-state index in [0.717, 1.165) is 10.5 Å². The summed E-state index contributed by atoms with van der Waals surface area (Å²) in [5.41, 5.74) is 1.87. The maximum absolute atomic E-state index is 11.1. The van der Waals surface area contributed by atoms with Crippen LogP contribution in [0.1, 0.15) is 10.4 Å². The maximum atomic E-state index is 11.1. The molecular weight excluding hydrogens is 234 g/mol. The molecule has 1 aromatic carbocycles. The minimum atomic E-state index is -0.955. The summed E-state index contributed by atoms with van der Waals surface area (Å²) in [7, 11) is 0. The second-order valence-electron chi connectivity index (χ2n) is 3.43. The van der Waals surface area contributed by atoms with Crippen LogP contribution in [0.25, 0.3) is 11.1 Å². The zero-order chi connectivity index (χ0) is 12.3. The topological polar surface area (TPSA) is 50.2 Å². The van der Waals surface area contributed by atoms with E-state index in [1.165, 1.54) is 6.20 Å². The first kappa shape index (κ1) is 11.7. The van der Waals surface area contributed by atoms with Crippen molar-refractivity contribution in [3.8, 4) is 11.1 Å². The van der Waals surface area contributed by atoms with E-state index in [1.807, 2.05) is 30.5 Å². The molecule has 1 heterocycles. The molecule has 4 heteroatoms. The number of hydrogen-bond acceptors (Lipinski definition) is 3. The molecule has 2 aromatic rings. The fourth-order valence-corrected chi connectivity index (χ4v) is 2.28. The summed E-state index contributed by atoms with van der Waals surface area (Å²) in [5.74, 6) is -0.955. The van der Waals surface area contributed by atoms with Crippen molar-refractivity contribution in [3.63, 3.8) is 0 Å². The normalized spacial score (nSPS) is 10.2. The zero-order valence-electron chi connectivity index (χ0n) is 9.25. The number of carboxylic acids is 1. The average Bonchev–Trinajstić information content (AvgIpc) is 2.38. The molecular formula is C13H11NO2S. The predicted octanol–water partition coefficient (Wildman–Crippen LogP) is 3.17. The molecule has 0 unspecified atom stereocenters. The molecule has 0 atom stereocenters. The van der Waals surface area contributed by atoms with E-state index in [2.05, 4.69) is 4.98 Å². The van der Waals surface area contributed by atoms with Gasteiger partial charge in [-0.2, -0.15) is 0 Å². The number of aromatic carboxylic acids is 1. The first-order chi connectivity index (χ1) is 8.24. The van der Waals surface area contributed by atoms with Gasteiger partial charge in [0.15, 0.2) is 0 Å². The quantitative estimate of drug-likeness (QED) is 0.844. The van der Waals surface area contributed by atoms with Crippen molar-refractivity contribution in [2.75, 3.05) is 6.26 Å². The smallest absolute Gasteiger partial charge is 0.337 e. The maximum Gasteiger partial charge on any atom is 0.337 e. The van der Waals surface area contributed by atoms with Gasteiger partial charge in [0.1, 0.15) is 0 Å². The van der Waals surface area contributed by atoms with Crippen molar-refractivity contribution in [3.05, 3.63) is 48.3 Å². The Hall–Kier alpha value is -1.81. The molecule has 0 amide bonds. The predicted molar refractivity (Wildman–Crippen MR) is 68.4 cm³/mol. The molecule has 0 aliphatic heterocycles. The van der Waals surface area contributed by atoms with Crippen LogP contribution in [0.5, 0.6) is 0 Å². The summed E-state index contributed by atoms with van der Waals surface area (Å²) in [5, 5.41) is 9.14. The molecule has 0 aliphatic carbocycles. The molecule has 0 bridgehead atoms. The second kappa shape index (κ2) is 5.01. The Labute approximate surface area is 104 Å². The third kappa shape index (κ3) is 2.31. The average molecular weight is 245 g/mol. The van der Waals surface area contributed by atoms with E-state index in [9.17, 15) is 4.79 Å². The van der Waals surface area contributed by atoms with Gasteiger partial charge in [-0.1, -0.05) is 18.2 Å². The number of aromatic nitrogens is 1. The minimum absolute atomic E-state index is 0.231. The van der Waals surface area contributed by atoms with Crippen molar-refractivity contribution < 1.29 is 9.90 Å². The van der Waals surface area contributed by atoms with E-state index in [0.29, 0.717) is 5.56 Å². The Balaban J connectivity index is 2.64. The Morgan fingerprint density at radius 2 is 2.00 bits per heavy atom. The van der Waals surface area contributed by atoms with Crippen LogP contribution in [-0.2, 0) is 0 Å². The van der Waals surface area contributed by atoms with Crippen molar-refractivity contribution in [1.82, 2.24) is 4.98 Å². The third-order valence-electron chi connectivity index (χ3n) is 2.45. The summed E-state index contributed by atoms with van der Waals surface area (Å²) in [6.07, 6.45) is 4.97. The number of carbonyl (C=O) groups is 1. The summed E-state index contributed by atoms with van der Waals surface area (Å²) < 4.78 is 0. The molecule has 0 saturated carbocycles. The molecule has 0 aliphatic rings. The Morgan fingerprint density at radius 3 is 2.71 bits per heavy atom. The highest BCUT2D eigenvalue weighted by Gasteiger charge is 2.13. The van der Waals surface area contributed by atoms with Crippen LogP contribution in [0.3, 0.4) is 0 Å². The lowest BCUT2D eigenvalue weighted by atomic mass is 10.0. The number of rotatable bonds is 3. The fourth-order valence-electron chi connectivity index (χ4n) is 1.67. The van der Waals surface area contributed by atoms with Gasteiger partial charge in [-0.25, -0.2) is 4.79 Å². The van der Waals surface area contributed by atoms with Crippen LogP contribution < -0.4 is 0 Å². The molecule has 17 heavy (non-hydrogen) atoms. The molecule has 1 aromatic heterocycles. The fraction of sp³-hybridized carbons (Fsp3) is 0.0769. The van der Waals surface area contributed by atoms with Crippen molar-refractivity contribution in [1.29, 1.82) is 0 Å². The van der Waals surface area contributed by atoms with Crippen LogP contribution >= 0.6 is 11.8 Å². The van der Waals surface area contributed by atoms with Crippen LogP contribution in [0.4, 0.5) is 0 Å². The molecule has 0 radical (unpaired) electrons. The summed E-state index contributed by atoms with van der Waals surface area (Å²) in [6, 6.07) is 9.48. The standard InChI is InChI=1S/C13H11NO2S/c1-17-12-5-3-2-4-10(12)9-6-7-14-8-11(9)13(15)16/h2-8H,1H3,(H,15,16). The highest BCUT2D eigenvalue weighted by Crippen LogP contribution is 2.31. The van der Waals surface area contributed by atoms with E-state index < -0.39 is 5.97 Å². The molecule has 0 fully saturated rings. The van der Waals surface area contributed by atoms with Gasteiger partial charge in [0.2, 0.25) is 0 Å². The molecule has 1 N–H and O–H groups in total. The second-order valence-corrected chi connectivity index (χ2v) is 4.27. The Morgan fingerprint density at radius 1 is 1.24 bits per heavy atom. The lowest BCUT2D eigenvalue weighted by molar-refractivity contribution is 0.0697. The first-order valence-corrected chi connectivity index (χ1v) is 6.27. The molecule has 0 saturated heterocycles. The van der Waals surface area contributed by atoms with Gasteiger partial charge in [0.25, 0.3) is 0 Å². The van der Waals surface area contributed by atoms with Crippen LogP contribution in [-0.4, -0.2) is 22.3 Å². The number of benzene rings is 1. The Bertz CT molecular complexity index is 555. The molecule has 0 spiro atoms. The van der Waals surface area contributed by atoms with Gasteiger partial charge < -0.3 is 5.11 Å². The monoisotopic (exact) mass is 245 g/mol. The number of nitrogens with zero attached hydrogens (tertiary/aromatic N) is 1. The van der Waals surface area contributed by atoms with Crippen LogP contribution in [0.15, 0.2) is 47.6 Å². The van der Waals surface area contributed by atoms with E-state index >= 15 is 0 Å². The SMILES string of the molecule is CSc1ccccc1-c1ccncc1C(=O)O. The van der Waals surface area contributed by atoms with Gasteiger partial charge in [-0.15, -0.1) is 11.8 Å². The highest BCUT2D eigenvalue weighted by atomic mass is 32.2. The van der Waals surface area contributed by atoms with Gasteiger partial charge in [0.05, 0.1) is 5.56 Å². The van der Waals surface area contributed by atoms with Crippen molar-refractivity contribution in [2.45, 2.75) is 4.90 Å². The van der Waals surface area contributed by atoms with Crippen LogP contribution in [0, 0.1) is 0 Å². The summed E-state index contributed by atoms with van der Waals surface area (Å²) in [6.45, 7) is 0. The van der Waals surface area contributed by atoms with Gasteiger partial charge >= 0.3 is 5.97 Å². The highest BCUT2D eigenvalue weighted by molar-refractivity contribution is 7.98. The number of thioether (sulfide) groups is 1. The first-order valence-electron chi connectivity index (χ1n) is 5.04. The van der Waals surface area contributed by atoms with Crippen molar-refractivity contribution >= 4 is 17.7 Å². The summed E-state index contributed by atoms with van der Waals surface area (Å²) >= 11 is 1.60. The van der Waals surface area contributed by atoms with Gasteiger partial charge in [-0.3, -0.25) is 4.98 Å². The summed E-state index contributed by atoms with van der Waals surface area (Å²) in [4.78, 5) is 16.1. The van der Waals surface area contributed by atoms with E-state index in [-0.39, 0.29) is 5.56 Å². The van der Waals surface area contributed by atoms with Gasteiger partial charge in [0, 0.05) is 22.9 Å². The molecule has 86 valence electrons. The number of hydrogen-bond donors (Lipinski definition) is 1. The number of carboxylic acid groups (broad SMARTS) is 1. The number of pyridine rings is 1. The molecule has 2 rings (SSSR count). The molecule has 3 nitrogen and oxygen atoms in total. The lowest BCUT2D eigenvalue weighted by Crippen LogP contribution is -2.00. The van der Waals surface area contributed by atoms with E-state index in [1.54, 1.807) is 24.0 Å². The third-order valence-corrected chi connectivity index (χ3v) is 3.24. The zero-order valence-corrected chi connectivity index (χ0v) is 10.1. The van der Waals surface area contributed by atoms with Gasteiger partial charge in [-0.05, 0) is 24.0 Å². The van der Waals surface area contributed by atoms with Crippen molar-refractivity contribution in [2.24, 2.45) is 0 Å². The van der Waals surface area contributed by atoms with Crippen LogP contribution in [0.2, 0.25) is 0 Å².